The summed E-state index contributed by atoms with van der Waals surface area (Å²) in [6.07, 6.45) is 0. The van der Waals surface area contributed by atoms with E-state index in [1.165, 1.54) is 0 Å². The lowest BCUT2D eigenvalue weighted by Crippen LogP contribution is -2.39. The van der Waals surface area contributed by atoms with Crippen molar-refractivity contribution in [2.75, 3.05) is 26.3 Å². The third kappa shape index (κ3) is 8.17. The van der Waals surface area contributed by atoms with Crippen LogP contribution in [0.15, 0.2) is 59.6 Å². The van der Waals surface area contributed by atoms with E-state index in [9.17, 15) is 5.11 Å². The van der Waals surface area contributed by atoms with Gasteiger partial charge in [-0.1, -0.05) is 42.5 Å². The first kappa shape index (κ1) is 23.2. The molecule has 0 amide bonds. The quantitative estimate of drug-likeness (QED) is 0.290. The van der Waals surface area contributed by atoms with E-state index in [4.69, 9.17) is 4.74 Å². The minimum atomic E-state index is 0. The van der Waals surface area contributed by atoms with Crippen LogP contribution in [0.1, 0.15) is 30.9 Å². The van der Waals surface area contributed by atoms with E-state index in [1.807, 2.05) is 68.4 Å². The molecule has 0 heterocycles. The van der Waals surface area contributed by atoms with E-state index in [1.54, 1.807) is 0 Å². The molecule has 0 aliphatic carbocycles. The first-order valence-corrected chi connectivity index (χ1v) is 9.16. The number of benzene rings is 2. The van der Waals surface area contributed by atoms with E-state index in [0.29, 0.717) is 19.7 Å². The van der Waals surface area contributed by atoms with Crippen LogP contribution in [0.25, 0.3) is 0 Å². The number of guanidine groups is 1. The van der Waals surface area contributed by atoms with Gasteiger partial charge < -0.3 is 20.5 Å². The van der Waals surface area contributed by atoms with Gasteiger partial charge in [-0.2, -0.15) is 0 Å². The van der Waals surface area contributed by atoms with Crippen LogP contribution in [-0.4, -0.2) is 37.4 Å². The number of nitrogens with zero attached hydrogens (tertiary/aromatic N) is 1. The lowest BCUT2D eigenvalue weighted by Gasteiger charge is -2.18. The third-order valence-corrected chi connectivity index (χ3v) is 3.98. The Balaban J connectivity index is 0.00000364. The topological polar surface area (TPSA) is 65.9 Å². The van der Waals surface area contributed by atoms with Gasteiger partial charge in [-0.05, 0) is 37.1 Å². The third-order valence-electron chi connectivity index (χ3n) is 3.98. The van der Waals surface area contributed by atoms with Gasteiger partial charge in [-0.25, -0.2) is 4.99 Å². The largest absolute Gasteiger partial charge is 0.494 e. The molecule has 1 atom stereocenters. The Morgan fingerprint density at radius 2 is 1.85 bits per heavy atom. The summed E-state index contributed by atoms with van der Waals surface area (Å²) in [6, 6.07) is 18.0. The van der Waals surface area contributed by atoms with Crippen LogP contribution < -0.4 is 15.4 Å². The lowest BCUT2D eigenvalue weighted by molar-refractivity contribution is 0.265. The summed E-state index contributed by atoms with van der Waals surface area (Å²) < 4.78 is 5.54. The highest BCUT2D eigenvalue weighted by Crippen LogP contribution is 2.15. The molecule has 0 aliphatic rings. The zero-order valence-corrected chi connectivity index (χ0v) is 18.4. The van der Waals surface area contributed by atoms with Gasteiger partial charge in [0, 0.05) is 19.0 Å². The summed E-state index contributed by atoms with van der Waals surface area (Å²) in [7, 11) is 0. The molecule has 148 valence electrons. The highest BCUT2D eigenvalue weighted by atomic mass is 127. The summed E-state index contributed by atoms with van der Waals surface area (Å²) in [5.74, 6) is 1.63. The van der Waals surface area contributed by atoms with Crippen LogP contribution in [0.3, 0.4) is 0 Å². The average molecular weight is 483 g/mol. The van der Waals surface area contributed by atoms with Gasteiger partial charge >= 0.3 is 0 Å². The number of halogens is 1. The maximum Gasteiger partial charge on any atom is 0.191 e. The molecule has 5 nitrogen and oxygen atoms in total. The second-order valence-electron chi connectivity index (χ2n) is 5.95. The molecule has 0 spiro atoms. The van der Waals surface area contributed by atoms with Crippen LogP contribution in [0.4, 0.5) is 0 Å². The predicted octanol–water partition coefficient (Wildman–Crippen LogP) is 3.53. The number of ether oxygens (including phenoxy) is 1. The number of aliphatic imine (C=N–C) groups is 1. The highest BCUT2D eigenvalue weighted by Gasteiger charge is 2.10. The van der Waals surface area contributed by atoms with E-state index < -0.39 is 0 Å². The van der Waals surface area contributed by atoms with Crippen molar-refractivity contribution in [3.63, 3.8) is 0 Å². The van der Waals surface area contributed by atoms with E-state index in [2.05, 4.69) is 15.6 Å². The number of aliphatic hydroxyl groups is 1. The molecule has 0 aromatic heterocycles. The van der Waals surface area contributed by atoms with Gasteiger partial charge in [0.15, 0.2) is 5.96 Å². The molecule has 0 saturated heterocycles. The SMILES string of the molecule is CCNC(=NCc1cccc(OCC)c1)NCC(CO)c1ccccc1.I. The first-order chi connectivity index (χ1) is 12.8. The fourth-order valence-electron chi connectivity index (χ4n) is 2.65. The zero-order valence-electron chi connectivity index (χ0n) is 16.0. The van der Waals surface area contributed by atoms with Gasteiger partial charge in [0.1, 0.15) is 5.75 Å². The monoisotopic (exact) mass is 483 g/mol. The highest BCUT2D eigenvalue weighted by molar-refractivity contribution is 14.0. The van der Waals surface area contributed by atoms with Gasteiger partial charge in [-0.3, -0.25) is 0 Å². The molecule has 2 aromatic rings. The predicted molar refractivity (Wildman–Crippen MR) is 122 cm³/mol. The Labute approximate surface area is 179 Å². The Bertz CT molecular complexity index is 680. The zero-order chi connectivity index (χ0) is 18.6. The van der Waals surface area contributed by atoms with Crippen molar-refractivity contribution in [2.45, 2.75) is 26.3 Å². The number of hydrogen-bond acceptors (Lipinski definition) is 3. The molecule has 0 fully saturated rings. The fraction of sp³-hybridized carbons (Fsp3) is 0.381. The van der Waals surface area contributed by atoms with Crippen LogP contribution in [0.2, 0.25) is 0 Å². The molecule has 2 rings (SSSR count). The second-order valence-corrected chi connectivity index (χ2v) is 5.95. The molecule has 27 heavy (non-hydrogen) atoms. The summed E-state index contributed by atoms with van der Waals surface area (Å²) >= 11 is 0. The number of aliphatic hydroxyl groups excluding tert-OH is 1. The Kier molecular flexibility index (Phi) is 11.5. The average Bonchev–Trinajstić information content (AvgIpc) is 2.68. The number of nitrogens with one attached hydrogen (secondary N) is 2. The molecule has 0 radical (unpaired) electrons. The summed E-state index contributed by atoms with van der Waals surface area (Å²) in [5, 5.41) is 16.3. The van der Waals surface area contributed by atoms with Gasteiger partial charge in [-0.15, -0.1) is 24.0 Å². The fourth-order valence-corrected chi connectivity index (χ4v) is 2.65. The molecule has 0 aliphatic heterocycles. The van der Waals surface area contributed by atoms with Gasteiger partial charge in [0.05, 0.1) is 19.8 Å². The molecular formula is C21H30IN3O2. The second kappa shape index (κ2) is 13.4. The Morgan fingerprint density at radius 1 is 1.07 bits per heavy atom. The molecule has 1 unspecified atom stereocenters. The summed E-state index contributed by atoms with van der Waals surface area (Å²) in [6.45, 7) is 6.71. The smallest absolute Gasteiger partial charge is 0.191 e. The van der Waals surface area contributed by atoms with Crippen LogP contribution >= 0.6 is 24.0 Å². The molecular weight excluding hydrogens is 453 g/mol. The molecule has 0 saturated carbocycles. The lowest BCUT2D eigenvalue weighted by atomic mass is 10.0. The maximum absolute atomic E-state index is 9.70. The van der Waals surface area contributed by atoms with Crippen molar-refractivity contribution < 1.29 is 9.84 Å². The van der Waals surface area contributed by atoms with Crippen molar-refractivity contribution >= 4 is 29.9 Å². The molecule has 2 aromatic carbocycles. The van der Waals surface area contributed by atoms with Crippen molar-refractivity contribution in [1.29, 1.82) is 0 Å². The summed E-state index contributed by atoms with van der Waals surface area (Å²) in [5.41, 5.74) is 2.21. The van der Waals surface area contributed by atoms with Crippen LogP contribution in [0, 0.1) is 0 Å². The van der Waals surface area contributed by atoms with E-state index >= 15 is 0 Å². The van der Waals surface area contributed by atoms with Crippen molar-refractivity contribution in [2.24, 2.45) is 4.99 Å². The molecule has 6 heteroatoms. The first-order valence-electron chi connectivity index (χ1n) is 9.16. The van der Waals surface area contributed by atoms with Crippen molar-refractivity contribution in [1.82, 2.24) is 10.6 Å². The Morgan fingerprint density at radius 3 is 2.52 bits per heavy atom. The number of hydrogen-bond donors (Lipinski definition) is 3. The van der Waals surface area contributed by atoms with Gasteiger partial charge in [0.25, 0.3) is 0 Å². The van der Waals surface area contributed by atoms with Crippen molar-refractivity contribution in [3.05, 3.63) is 65.7 Å². The maximum atomic E-state index is 9.70. The molecule has 3 N–H and O–H groups in total. The van der Waals surface area contributed by atoms with Crippen LogP contribution in [-0.2, 0) is 6.54 Å². The van der Waals surface area contributed by atoms with E-state index in [0.717, 1.165) is 29.4 Å². The summed E-state index contributed by atoms with van der Waals surface area (Å²) in [4.78, 5) is 4.64. The van der Waals surface area contributed by atoms with Gasteiger partial charge in [0.2, 0.25) is 0 Å². The van der Waals surface area contributed by atoms with Crippen molar-refractivity contribution in [3.8, 4) is 5.75 Å². The minimum absolute atomic E-state index is 0. The van der Waals surface area contributed by atoms with E-state index in [-0.39, 0.29) is 36.5 Å². The standard InChI is InChI=1S/C21H29N3O2.HI/c1-3-22-21(23-14-17-9-8-12-20(13-17)26-4-2)24-15-19(16-25)18-10-6-5-7-11-18;/h5-13,19,25H,3-4,14-16H2,1-2H3,(H2,22,23,24);1H. The normalized spacial score (nSPS) is 12.0. The minimum Gasteiger partial charge on any atom is -0.494 e. The molecule has 0 bridgehead atoms. The number of rotatable bonds is 9. The Hall–Kier alpha value is -1.80. The van der Waals surface area contributed by atoms with Crippen LogP contribution in [0.5, 0.6) is 5.75 Å².